The van der Waals surface area contributed by atoms with Crippen LogP contribution < -0.4 is 5.32 Å². The highest BCUT2D eigenvalue weighted by Gasteiger charge is 2.46. The van der Waals surface area contributed by atoms with E-state index in [-0.39, 0.29) is 0 Å². The van der Waals surface area contributed by atoms with Gasteiger partial charge in [0.25, 0.3) is 0 Å². The van der Waals surface area contributed by atoms with Gasteiger partial charge in [-0.3, -0.25) is 0 Å². The van der Waals surface area contributed by atoms with Gasteiger partial charge >= 0.3 is 0 Å². The van der Waals surface area contributed by atoms with E-state index in [0.29, 0.717) is 11.1 Å². The molecule has 90 valence electrons. The number of nitrogens with one attached hydrogen (secondary N) is 1. The molecule has 2 unspecified atom stereocenters. The lowest BCUT2D eigenvalue weighted by Crippen LogP contribution is -2.69. The van der Waals surface area contributed by atoms with E-state index in [1.807, 2.05) is 0 Å². The fourth-order valence-electron chi connectivity index (χ4n) is 3.37. The van der Waals surface area contributed by atoms with Gasteiger partial charge in [-0.25, -0.2) is 0 Å². The topological polar surface area (TPSA) is 12.0 Å². The van der Waals surface area contributed by atoms with E-state index in [1.54, 1.807) is 0 Å². The van der Waals surface area contributed by atoms with Crippen LogP contribution >= 0.6 is 0 Å². The van der Waals surface area contributed by atoms with Gasteiger partial charge in [-0.2, -0.15) is 0 Å². The number of hydrogen-bond acceptors (Lipinski definition) is 1. The van der Waals surface area contributed by atoms with Crippen LogP contribution in [0.3, 0.4) is 0 Å². The molecule has 1 aliphatic rings. The van der Waals surface area contributed by atoms with E-state index in [1.165, 1.54) is 51.4 Å². The molecule has 0 spiro atoms. The van der Waals surface area contributed by atoms with Crippen LogP contribution in [0.1, 0.15) is 79.1 Å². The van der Waals surface area contributed by atoms with Crippen molar-refractivity contribution in [2.24, 2.45) is 0 Å². The molecule has 15 heavy (non-hydrogen) atoms. The van der Waals surface area contributed by atoms with Crippen LogP contribution in [0.4, 0.5) is 0 Å². The van der Waals surface area contributed by atoms with Gasteiger partial charge < -0.3 is 5.32 Å². The highest BCUT2D eigenvalue weighted by molar-refractivity contribution is 5.07. The smallest absolute Gasteiger partial charge is 0.0175 e. The molecule has 1 saturated heterocycles. The van der Waals surface area contributed by atoms with Crippen molar-refractivity contribution >= 4 is 0 Å². The molecule has 1 fully saturated rings. The predicted octanol–water partition coefficient (Wildman–Crippen LogP) is 4.27. The second-order valence-corrected chi connectivity index (χ2v) is 5.98. The Bertz CT molecular complexity index is 180. The highest BCUT2D eigenvalue weighted by atomic mass is 15.1. The Morgan fingerprint density at radius 1 is 0.867 bits per heavy atom. The molecule has 2 atom stereocenters. The zero-order valence-electron chi connectivity index (χ0n) is 11.2. The predicted molar refractivity (Wildman–Crippen MR) is 68.2 cm³/mol. The van der Waals surface area contributed by atoms with Crippen LogP contribution in [0.5, 0.6) is 0 Å². The quantitative estimate of drug-likeness (QED) is 0.620. The zero-order valence-corrected chi connectivity index (χ0v) is 11.2. The number of rotatable bonds is 7. The third-order valence-electron chi connectivity index (χ3n) is 3.77. The van der Waals surface area contributed by atoms with Crippen molar-refractivity contribution in [1.82, 2.24) is 5.32 Å². The summed E-state index contributed by atoms with van der Waals surface area (Å²) >= 11 is 0. The summed E-state index contributed by atoms with van der Waals surface area (Å²) in [6.45, 7) is 9.34. The summed E-state index contributed by atoms with van der Waals surface area (Å²) in [5, 5.41) is 3.81. The lowest BCUT2D eigenvalue weighted by atomic mass is 9.69. The van der Waals surface area contributed by atoms with Crippen molar-refractivity contribution in [3.05, 3.63) is 0 Å². The van der Waals surface area contributed by atoms with Crippen LogP contribution in [-0.2, 0) is 0 Å². The van der Waals surface area contributed by atoms with Crippen LogP contribution in [0.15, 0.2) is 0 Å². The van der Waals surface area contributed by atoms with Crippen molar-refractivity contribution in [1.29, 1.82) is 0 Å². The van der Waals surface area contributed by atoms with Crippen molar-refractivity contribution in [2.45, 2.75) is 90.1 Å². The molecular weight excluding hydrogens is 182 g/mol. The highest BCUT2D eigenvalue weighted by Crippen LogP contribution is 2.39. The largest absolute Gasteiger partial charge is 0.306 e. The summed E-state index contributed by atoms with van der Waals surface area (Å²) in [6.07, 6.45) is 10.9. The fraction of sp³-hybridized carbons (Fsp3) is 1.00. The van der Waals surface area contributed by atoms with E-state index in [9.17, 15) is 0 Å². The molecular formula is C14H29N. The maximum Gasteiger partial charge on any atom is 0.0175 e. The first-order valence-corrected chi connectivity index (χ1v) is 6.83. The molecule has 0 aromatic rings. The molecule has 0 saturated carbocycles. The van der Waals surface area contributed by atoms with Crippen molar-refractivity contribution < 1.29 is 0 Å². The fourth-order valence-corrected chi connectivity index (χ4v) is 3.37. The molecule has 1 N–H and O–H groups in total. The monoisotopic (exact) mass is 211 g/mol. The van der Waals surface area contributed by atoms with E-state index in [2.05, 4.69) is 33.0 Å². The standard InChI is InChI=1S/C14H29N/c1-5-7-8-9-11-14(4)12-13(3,15-14)10-6-2/h15H,5-12H2,1-4H3. The van der Waals surface area contributed by atoms with Gasteiger partial charge in [0.1, 0.15) is 0 Å². The van der Waals surface area contributed by atoms with Gasteiger partial charge in [0.15, 0.2) is 0 Å². The minimum absolute atomic E-state index is 0.453. The van der Waals surface area contributed by atoms with Crippen LogP contribution in [0.2, 0.25) is 0 Å². The van der Waals surface area contributed by atoms with E-state index >= 15 is 0 Å². The zero-order chi connectivity index (χ0) is 11.4. The average molecular weight is 211 g/mol. The minimum atomic E-state index is 0.453. The molecule has 0 aliphatic carbocycles. The lowest BCUT2D eigenvalue weighted by Gasteiger charge is -2.55. The molecule has 1 rings (SSSR count). The number of hydrogen-bond donors (Lipinski definition) is 1. The maximum absolute atomic E-state index is 3.81. The Balaban J connectivity index is 2.16. The van der Waals surface area contributed by atoms with Crippen LogP contribution in [-0.4, -0.2) is 11.1 Å². The van der Waals surface area contributed by atoms with Crippen LogP contribution in [0.25, 0.3) is 0 Å². The summed E-state index contributed by atoms with van der Waals surface area (Å²) in [5.41, 5.74) is 0.909. The molecule has 1 nitrogen and oxygen atoms in total. The summed E-state index contributed by atoms with van der Waals surface area (Å²) in [5.74, 6) is 0. The first kappa shape index (κ1) is 13.0. The SMILES string of the molecule is CCCCCCC1(C)CC(C)(CCC)N1. The molecule has 1 heterocycles. The molecule has 0 bridgehead atoms. The van der Waals surface area contributed by atoms with Gasteiger partial charge in [0.2, 0.25) is 0 Å². The average Bonchev–Trinajstić information content (AvgIpc) is 2.10. The van der Waals surface area contributed by atoms with Crippen molar-refractivity contribution in [3.63, 3.8) is 0 Å². The van der Waals surface area contributed by atoms with Crippen LogP contribution in [0, 0.1) is 0 Å². The Kier molecular flexibility index (Phi) is 4.64. The summed E-state index contributed by atoms with van der Waals surface area (Å²) < 4.78 is 0. The Morgan fingerprint density at radius 2 is 1.47 bits per heavy atom. The number of unbranched alkanes of at least 4 members (excludes halogenated alkanes) is 3. The van der Waals surface area contributed by atoms with Gasteiger partial charge in [-0.1, -0.05) is 46.0 Å². The second kappa shape index (κ2) is 5.34. The molecule has 0 aromatic heterocycles. The molecule has 0 radical (unpaired) electrons. The normalized spacial score (nSPS) is 35.2. The minimum Gasteiger partial charge on any atom is -0.306 e. The second-order valence-electron chi connectivity index (χ2n) is 5.98. The van der Waals surface area contributed by atoms with E-state index in [4.69, 9.17) is 0 Å². The van der Waals surface area contributed by atoms with Gasteiger partial charge in [0.05, 0.1) is 0 Å². The maximum atomic E-state index is 3.81. The lowest BCUT2D eigenvalue weighted by molar-refractivity contribution is 0.0533. The molecule has 1 heteroatoms. The van der Waals surface area contributed by atoms with E-state index in [0.717, 1.165) is 0 Å². The molecule has 0 amide bonds. The summed E-state index contributed by atoms with van der Waals surface area (Å²) in [7, 11) is 0. The van der Waals surface area contributed by atoms with Crippen molar-refractivity contribution in [2.75, 3.05) is 0 Å². The molecule has 0 aromatic carbocycles. The first-order valence-electron chi connectivity index (χ1n) is 6.83. The summed E-state index contributed by atoms with van der Waals surface area (Å²) in [6, 6.07) is 0. The van der Waals surface area contributed by atoms with Gasteiger partial charge in [-0.15, -0.1) is 0 Å². The van der Waals surface area contributed by atoms with Gasteiger partial charge in [-0.05, 0) is 33.1 Å². The van der Waals surface area contributed by atoms with Gasteiger partial charge in [0, 0.05) is 11.1 Å². The van der Waals surface area contributed by atoms with Crippen molar-refractivity contribution in [3.8, 4) is 0 Å². The first-order chi connectivity index (χ1) is 7.04. The Morgan fingerprint density at radius 3 is 2.00 bits per heavy atom. The van der Waals surface area contributed by atoms with E-state index < -0.39 is 0 Å². The Labute approximate surface area is 96.0 Å². The third kappa shape index (κ3) is 3.79. The Hall–Kier alpha value is -0.0400. The summed E-state index contributed by atoms with van der Waals surface area (Å²) in [4.78, 5) is 0. The molecule has 1 aliphatic heterocycles. The third-order valence-corrected chi connectivity index (χ3v) is 3.77.